The van der Waals surface area contributed by atoms with Crippen molar-refractivity contribution in [2.75, 3.05) is 23.7 Å². The zero-order chi connectivity index (χ0) is 10.8. The Morgan fingerprint density at radius 3 is 2.73 bits per heavy atom. The molecule has 80 valence electrons. The first-order valence-electron chi connectivity index (χ1n) is 4.93. The van der Waals surface area contributed by atoms with E-state index in [1.807, 2.05) is 4.90 Å². The first-order valence-corrected chi connectivity index (χ1v) is 4.93. The van der Waals surface area contributed by atoms with Crippen molar-refractivity contribution in [3.05, 3.63) is 17.8 Å². The molecule has 5 heteroatoms. The Morgan fingerprint density at radius 1 is 1.47 bits per heavy atom. The van der Waals surface area contributed by atoms with Gasteiger partial charge in [0.25, 0.3) is 0 Å². The summed E-state index contributed by atoms with van der Waals surface area (Å²) in [5, 5.41) is 8.91. The second-order valence-electron chi connectivity index (χ2n) is 3.60. The van der Waals surface area contributed by atoms with E-state index in [1.54, 1.807) is 0 Å². The first kappa shape index (κ1) is 9.76. The van der Waals surface area contributed by atoms with Crippen molar-refractivity contribution < 1.29 is 9.90 Å². The van der Waals surface area contributed by atoms with Gasteiger partial charge in [0.15, 0.2) is 5.82 Å². The minimum atomic E-state index is -1.00. The van der Waals surface area contributed by atoms with E-state index in [1.165, 1.54) is 12.3 Å². The quantitative estimate of drug-likeness (QED) is 0.755. The predicted molar refractivity (Wildman–Crippen MR) is 57.1 cm³/mol. The Bertz CT molecular complexity index is 386. The van der Waals surface area contributed by atoms with Crippen molar-refractivity contribution in [2.45, 2.75) is 12.8 Å². The molecule has 0 amide bonds. The summed E-state index contributed by atoms with van der Waals surface area (Å²) in [4.78, 5) is 17.0. The van der Waals surface area contributed by atoms with E-state index in [4.69, 9.17) is 10.8 Å². The van der Waals surface area contributed by atoms with Gasteiger partial charge in [0.2, 0.25) is 0 Å². The van der Waals surface area contributed by atoms with Crippen LogP contribution in [0.5, 0.6) is 0 Å². The molecule has 3 N–H and O–H groups in total. The highest BCUT2D eigenvalue weighted by molar-refractivity contribution is 5.96. The molecule has 1 saturated heterocycles. The Labute approximate surface area is 87.5 Å². The number of pyridine rings is 1. The molecular weight excluding hydrogens is 194 g/mol. The number of rotatable bonds is 2. The van der Waals surface area contributed by atoms with Crippen molar-refractivity contribution >= 4 is 17.5 Å². The molecule has 0 atom stereocenters. The van der Waals surface area contributed by atoms with Crippen molar-refractivity contribution in [1.29, 1.82) is 0 Å². The SMILES string of the molecule is Nc1c(C(=O)O)ccnc1N1CCCC1. The number of carboxylic acids is 1. The number of aromatic carboxylic acids is 1. The summed E-state index contributed by atoms with van der Waals surface area (Å²) < 4.78 is 0. The van der Waals surface area contributed by atoms with E-state index in [-0.39, 0.29) is 11.3 Å². The summed E-state index contributed by atoms with van der Waals surface area (Å²) >= 11 is 0. The van der Waals surface area contributed by atoms with E-state index in [0.717, 1.165) is 25.9 Å². The molecule has 0 unspecified atom stereocenters. The molecule has 1 aromatic rings. The van der Waals surface area contributed by atoms with Gasteiger partial charge >= 0.3 is 5.97 Å². The highest BCUT2D eigenvalue weighted by atomic mass is 16.4. The van der Waals surface area contributed by atoms with Gasteiger partial charge in [0.05, 0.1) is 11.3 Å². The van der Waals surface area contributed by atoms with Gasteiger partial charge in [-0.2, -0.15) is 0 Å². The third-order valence-electron chi connectivity index (χ3n) is 2.61. The number of nitrogens with zero attached hydrogens (tertiary/aromatic N) is 2. The van der Waals surface area contributed by atoms with E-state index >= 15 is 0 Å². The normalized spacial score (nSPS) is 15.6. The highest BCUT2D eigenvalue weighted by Gasteiger charge is 2.19. The van der Waals surface area contributed by atoms with Gasteiger partial charge in [-0.3, -0.25) is 0 Å². The topological polar surface area (TPSA) is 79.5 Å². The van der Waals surface area contributed by atoms with Crippen LogP contribution in [0.2, 0.25) is 0 Å². The number of anilines is 2. The van der Waals surface area contributed by atoms with Gasteiger partial charge in [0, 0.05) is 19.3 Å². The standard InChI is InChI=1S/C10H13N3O2/c11-8-7(10(14)15)3-4-12-9(8)13-5-1-2-6-13/h3-4H,1-2,5-6,11H2,(H,14,15). The molecule has 5 nitrogen and oxygen atoms in total. The summed E-state index contributed by atoms with van der Waals surface area (Å²) in [6, 6.07) is 1.43. The lowest BCUT2D eigenvalue weighted by molar-refractivity contribution is 0.0698. The predicted octanol–water partition coefficient (Wildman–Crippen LogP) is 0.962. The average molecular weight is 207 g/mol. The van der Waals surface area contributed by atoms with Crippen LogP contribution >= 0.6 is 0 Å². The Morgan fingerprint density at radius 2 is 2.13 bits per heavy atom. The van der Waals surface area contributed by atoms with Crippen molar-refractivity contribution in [2.24, 2.45) is 0 Å². The monoisotopic (exact) mass is 207 g/mol. The van der Waals surface area contributed by atoms with Gasteiger partial charge in [0.1, 0.15) is 0 Å². The molecular formula is C10H13N3O2. The third kappa shape index (κ3) is 1.72. The lowest BCUT2D eigenvalue weighted by Gasteiger charge is -2.18. The Hall–Kier alpha value is -1.78. The molecule has 1 fully saturated rings. The number of nitrogens with two attached hydrogens (primary N) is 1. The molecule has 1 aliphatic heterocycles. The fourth-order valence-electron chi connectivity index (χ4n) is 1.83. The first-order chi connectivity index (χ1) is 7.20. The van der Waals surface area contributed by atoms with Crippen LogP contribution in [-0.2, 0) is 0 Å². The smallest absolute Gasteiger partial charge is 0.337 e. The summed E-state index contributed by atoms with van der Waals surface area (Å²) in [5.41, 5.74) is 6.18. The van der Waals surface area contributed by atoms with Gasteiger partial charge in [-0.25, -0.2) is 9.78 Å². The maximum atomic E-state index is 10.9. The average Bonchev–Trinajstić information content (AvgIpc) is 2.70. The summed E-state index contributed by atoms with van der Waals surface area (Å²) in [6.07, 6.45) is 3.71. The molecule has 2 rings (SSSR count). The Kier molecular flexibility index (Phi) is 2.45. The van der Waals surface area contributed by atoms with Crippen LogP contribution in [0.15, 0.2) is 12.3 Å². The van der Waals surface area contributed by atoms with Crippen LogP contribution in [0.25, 0.3) is 0 Å². The zero-order valence-electron chi connectivity index (χ0n) is 8.31. The van der Waals surface area contributed by atoms with Gasteiger partial charge < -0.3 is 15.7 Å². The van der Waals surface area contributed by atoms with Crippen molar-refractivity contribution in [3.63, 3.8) is 0 Å². The number of nitrogen functional groups attached to an aromatic ring is 1. The molecule has 1 aliphatic rings. The largest absolute Gasteiger partial charge is 0.478 e. The number of carbonyl (C=O) groups is 1. The minimum absolute atomic E-state index is 0.131. The van der Waals surface area contributed by atoms with Gasteiger partial charge in [-0.1, -0.05) is 0 Å². The van der Waals surface area contributed by atoms with Crippen LogP contribution in [0.3, 0.4) is 0 Å². The molecule has 1 aromatic heterocycles. The van der Waals surface area contributed by atoms with E-state index < -0.39 is 5.97 Å². The lowest BCUT2D eigenvalue weighted by Crippen LogP contribution is -2.21. The van der Waals surface area contributed by atoms with Gasteiger partial charge in [-0.15, -0.1) is 0 Å². The molecule has 0 bridgehead atoms. The fourth-order valence-corrected chi connectivity index (χ4v) is 1.83. The van der Waals surface area contributed by atoms with Crippen LogP contribution < -0.4 is 10.6 Å². The second-order valence-corrected chi connectivity index (χ2v) is 3.60. The molecule has 0 saturated carbocycles. The van der Waals surface area contributed by atoms with Crippen molar-refractivity contribution in [1.82, 2.24) is 4.98 Å². The number of hydrogen-bond acceptors (Lipinski definition) is 4. The minimum Gasteiger partial charge on any atom is -0.478 e. The maximum Gasteiger partial charge on any atom is 0.337 e. The number of hydrogen-bond donors (Lipinski definition) is 2. The lowest BCUT2D eigenvalue weighted by atomic mass is 10.2. The molecule has 0 radical (unpaired) electrons. The number of carboxylic acid groups (broad SMARTS) is 1. The second kappa shape index (κ2) is 3.76. The maximum absolute atomic E-state index is 10.9. The molecule has 0 aliphatic carbocycles. The highest BCUT2D eigenvalue weighted by Crippen LogP contribution is 2.26. The van der Waals surface area contributed by atoms with E-state index in [2.05, 4.69) is 4.98 Å². The van der Waals surface area contributed by atoms with E-state index in [9.17, 15) is 4.79 Å². The fraction of sp³-hybridized carbons (Fsp3) is 0.400. The summed E-state index contributed by atoms with van der Waals surface area (Å²) in [7, 11) is 0. The van der Waals surface area contributed by atoms with Crippen LogP contribution in [0.4, 0.5) is 11.5 Å². The van der Waals surface area contributed by atoms with E-state index in [0.29, 0.717) is 5.82 Å². The van der Waals surface area contributed by atoms with Crippen LogP contribution in [0, 0.1) is 0 Å². The molecule has 2 heterocycles. The molecule has 0 spiro atoms. The van der Waals surface area contributed by atoms with Crippen LogP contribution in [0.1, 0.15) is 23.2 Å². The van der Waals surface area contributed by atoms with Crippen molar-refractivity contribution in [3.8, 4) is 0 Å². The zero-order valence-corrected chi connectivity index (χ0v) is 8.31. The summed E-state index contributed by atoms with van der Waals surface area (Å²) in [5.74, 6) is -0.400. The third-order valence-corrected chi connectivity index (χ3v) is 2.61. The van der Waals surface area contributed by atoms with Crippen LogP contribution in [-0.4, -0.2) is 29.1 Å². The molecule has 0 aromatic carbocycles. The molecule has 15 heavy (non-hydrogen) atoms. The number of aromatic nitrogens is 1. The van der Waals surface area contributed by atoms with Gasteiger partial charge in [-0.05, 0) is 18.9 Å². The summed E-state index contributed by atoms with van der Waals surface area (Å²) in [6.45, 7) is 1.81. The Balaban J connectivity index is 2.39.